The second kappa shape index (κ2) is 76.5. The Bertz CT molecular complexity index is 1410. The average molecular weight is 1220 g/mol. The van der Waals surface area contributed by atoms with Gasteiger partial charge in [-0.25, -0.2) is 0 Å². The lowest BCUT2D eigenvalue weighted by atomic mass is 10.0. The zero-order chi connectivity index (χ0) is 62.8. The molecule has 0 radical (unpaired) electrons. The summed E-state index contributed by atoms with van der Waals surface area (Å²) >= 11 is 0. The molecule has 514 valence electrons. The van der Waals surface area contributed by atoms with Crippen molar-refractivity contribution in [1.29, 1.82) is 0 Å². The minimum atomic E-state index is -0.662. The van der Waals surface area contributed by atoms with Gasteiger partial charge >= 0.3 is 5.97 Å². The smallest absolute Gasteiger partial charge is 0.305 e. The lowest BCUT2D eigenvalue weighted by molar-refractivity contribution is -0.143. The van der Waals surface area contributed by atoms with E-state index in [0.29, 0.717) is 25.9 Å². The van der Waals surface area contributed by atoms with E-state index in [1.54, 1.807) is 0 Å². The first-order chi connectivity index (χ1) is 43.0. The third kappa shape index (κ3) is 73.0. The first kappa shape index (κ1) is 85.1. The number of allylic oxidation sites excluding steroid dienone is 6. The van der Waals surface area contributed by atoms with Crippen LogP contribution in [0.15, 0.2) is 36.5 Å². The van der Waals surface area contributed by atoms with E-state index in [0.717, 1.165) is 51.4 Å². The molecule has 2 atom stereocenters. The lowest BCUT2D eigenvalue weighted by Crippen LogP contribution is -2.45. The molecule has 0 aliphatic heterocycles. The molecule has 0 aromatic carbocycles. The number of hydrogen-bond donors (Lipinski definition) is 3. The van der Waals surface area contributed by atoms with Crippen molar-refractivity contribution >= 4 is 11.9 Å². The molecule has 87 heavy (non-hydrogen) atoms. The molecule has 6 nitrogen and oxygen atoms in total. The number of carbonyl (C=O) groups is 2. The van der Waals surface area contributed by atoms with Gasteiger partial charge in [-0.3, -0.25) is 9.59 Å². The molecule has 1 amide bonds. The van der Waals surface area contributed by atoms with E-state index >= 15 is 0 Å². The molecule has 6 heteroatoms. The molecule has 0 spiro atoms. The first-order valence-corrected chi connectivity index (χ1v) is 39.7. The van der Waals surface area contributed by atoms with E-state index < -0.39 is 12.1 Å². The number of amides is 1. The Kier molecular flexibility index (Phi) is 74.8. The molecule has 0 aliphatic carbocycles. The van der Waals surface area contributed by atoms with Crippen molar-refractivity contribution in [3.05, 3.63) is 36.5 Å². The van der Waals surface area contributed by atoms with Gasteiger partial charge in [-0.2, -0.15) is 0 Å². The molecule has 0 aliphatic rings. The molecule has 0 fully saturated rings. The van der Waals surface area contributed by atoms with Crippen LogP contribution in [0.4, 0.5) is 0 Å². The van der Waals surface area contributed by atoms with Gasteiger partial charge in [-0.15, -0.1) is 0 Å². The summed E-state index contributed by atoms with van der Waals surface area (Å²) < 4.78 is 5.50. The van der Waals surface area contributed by atoms with Crippen LogP contribution >= 0.6 is 0 Å². The van der Waals surface area contributed by atoms with Gasteiger partial charge in [-0.1, -0.05) is 384 Å². The fraction of sp³-hybridized carbons (Fsp3) is 0.901. The van der Waals surface area contributed by atoms with E-state index in [4.69, 9.17) is 4.74 Å². The fourth-order valence-electron chi connectivity index (χ4n) is 12.6. The maximum absolute atomic E-state index is 12.5. The van der Waals surface area contributed by atoms with Crippen LogP contribution in [-0.2, 0) is 14.3 Å². The number of unbranched alkanes of at least 4 members (excludes halogenated alkanes) is 58. The molecule has 3 N–H and O–H groups in total. The molecule has 2 unspecified atom stereocenters. The monoisotopic (exact) mass is 1220 g/mol. The maximum Gasteiger partial charge on any atom is 0.305 e. The zero-order valence-corrected chi connectivity index (χ0v) is 59.0. The quantitative estimate of drug-likeness (QED) is 0.0320. The predicted octanol–water partition coefficient (Wildman–Crippen LogP) is 26.2. The van der Waals surface area contributed by atoms with Crippen molar-refractivity contribution in [1.82, 2.24) is 5.32 Å². The number of hydrogen-bond acceptors (Lipinski definition) is 5. The molecule has 0 rings (SSSR count). The standard InChI is InChI=1S/C81H155NO5/c1-3-5-7-9-11-13-15-17-19-42-45-49-53-57-61-65-69-73-79(84)78(77-83)82-80(85)74-70-66-62-58-54-50-46-43-40-38-36-34-32-30-28-26-24-22-21-23-25-27-29-31-33-35-37-39-41-44-48-52-56-60-64-68-72-76-87-81(86)75-71-67-63-59-55-51-47-20-18-16-14-12-10-8-6-4-2/h14,16,20-21,23,47,78-79,83-84H,3-13,15,17-19,22,24-46,48-77H2,1-2H3,(H,82,85)/b16-14-,23-21-,47-20-. The molecular formula is C81H155NO5. The van der Waals surface area contributed by atoms with Crippen LogP contribution in [0.5, 0.6) is 0 Å². The minimum Gasteiger partial charge on any atom is -0.466 e. The van der Waals surface area contributed by atoms with E-state index in [1.165, 1.54) is 360 Å². The van der Waals surface area contributed by atoms with Crippen LogP contribution < -0.4 is 5.32 Å². The number of carbonyl (C=O) groups excluding carboxylic acids is 2. The Hall–Kier alpha value is -1.92. The highest BCUT2D eigenvalue weighted by Crippen LogP contribution is 2.20. The van der Waals surface area contributed by atoms with Crippen LogP contribution in [-0.4, -0.2) is 47.4 Å². The largest absolute Gasteiger partial charge is 0.466 e. The summed E-state index contributed by atoms with van der Waals surface area (Å²) in [6.45, 7) is 4.97. The van der Waals surface area contributed by atoms with Gasteiger partial charge in [0.05, 0.1) is 25.4 Å². The first-order valence-electron chi connectivity index (χ1n) is 39.7. The van der Waals surface area contributed by atoms with Crippen LogP contribution in [0.3, 0.4) is 0 Å². The summed E-state index contributed by atoms with van der Waals surface area (Å²) in [5.41, 5.74) is 0. The molecule has 0 aromatic rings. The molecule has 0 saturated carbocycles. The van der Waals surface area contributed by atoms with E-state index in [9.17, 15) is 19.8 Å². The maximum atomic E-state index is 12.5. The summed E-state index contributed by atoms with van der Waals surface area (Å²) in [6, 6.07) is -0.539. The van der Waals surface area contributed by atoms with Gasteiger partial charge in [0, 0.05) is 12.8 Å². The van der Waals surface area contributed by atoms with Gasteiger partial charge < -0.3 is 20.3 Å². The Morgan fingerprint density at radius 1 is 0.322 bits per heavy atom. The second-order valence-corrected chi connectivity index (χ2v) is 27.4. The van der Waals surface area contributed by atoms with E-state index in [1.807, 2.05) is 0 Å². The van der Waals surface area contributed by atoms with Gasteiger partial charge in [-0.05, 0) is 83.5 Å². The molecule has 0 heterocycles. The van der Waals surface area contributed by atoms with Gasteiger partial charge in [0.1, 0.15) is 0 Å². The Labute approximate surface area is 544 Å². The lowest BCUT2D eigenvalue weighted by Gasteiger charge is -2.22. The topological polar surface area (TPSA) is 95.9 Å². The van der Waals surface area contributed by atoms with Gasteiger partial charge in [0.2, 0.25) is 5.91 Å². The van der Waals surface area contributed by atoms with Gasteiger partial charge in [0.15, 0.2) is 0 Å². The molecule has 0 bridgehead atoms. The third-order valence-corrected chi connectivity index (χ3v) is 18.7. The molecule has 0 aromatic heterocycles. The third-order valence-electron chi connectivity index (χ3n) is 18.7. The predicted molar refractivity (Wildman–Crippen MR) is 384 cm³/mol. The van der Waals surface area contributed by atoms with Crippen LogP contribution in [0.1, 0.15) is 444 Å². The van der Waals surface area contributed by atoms with Crippen molar-refractivity contribution in [2.75, 3.05) is 13.2 Å². The Morgan fingerprint density at radius 2 is 0.575 bits per heavy atom. The number of aliphatic hydroxyl groups is 2. The fourth-order valence-corrected chi connectivity index (χ4v) is 12.6. The highest BCUT2D eigenvalue weighted by Gasteiger charge is 2.20. The normalized spacial score (nSPS) is 12.6. The summed E-state index contributed by atoms with van der Waals surface area (Å²) in [4.78, 5) is 24.6. The zero-order valence-electron chi connectivity index (χ0n) is 59.0. The van der Waals surface area contributed by atoms with Crippen LogP contribution in [0.25, 0.3) is 0 Å². The minimum absolute atomic E-state index is 0.00854. The van der Waals surface area contributed by atoms with Crippen molar-refractivity contribution in [3.8, 4) is 0 Å². The van der Waals surface area contributed by atoms with Crippen molar-refractivity contribution in [2.45, 2.75) is 456 Å². The summed E-state index contributed by atoms with van der Waals surface area (Å²) in [5.74, 6) is -0.0185. The average Bonchev–Trinajstić information content (AvgIpc) is 3.53. The number of ether oxygens (including phenoxy) is 1. The SMILES string of the molecule is CCCCCC/C=C\C/C=C\CCCCCCCC(=O)OCCCCCCCCCCCCCCCCCC/C=C\CCCCCCCCCCCCCCCCCCCC(=O)NC(CO)C(O)CCCCCCCCCCCCCCCCCCC. The van der Waals surface area contributed by atoms with Crippen molar-refractivity contribution in [2.24, 2.45) is 0 Å². The summed E-state index contributed by atoms with van der Waals surface area (Å²) in [7, 11) is 0. The number of nitrogens with one attached hydrogen (secondary N) is 1. The summed E-state index contributed by atoms with van der Waals surface area (Å²) in [6.07, 6.45) is 99.6. The second-order valence-electron chi connectivity index (χ2n) is 27.4. The number of aliphatic hydroxyl groups excluding tert-OH is 2. The van der Waals surface area contributed by atoms with Crippen LogP contribution in [0, 0.1) is 0 Å². The Morgan fingerprint density at radius 3 is 0.897 bits per heavy atom. The highest BCUT2D eigenvalue weighted by atomic mass is 16.5. The number of rotatable bonds is 75. The highest BCUT2D eigenvalue weighted by molar-refractivity contribution is 5.76. The summed E-state index contributed by atoms with van der Waals surface area (Å²) in [5, 5.41) is 23.4. The molecular weight excluding hydrogens is 1070 g/mol. The van der Waals surface area contributed by atoms with Crippen molar-refractivity contribution < 1.29 is 24.5 Å². The number of esters is 1. The van der Waals surface area contributed by atoms with E-state index in [-0.39, 0.29) is 18.5 Å². The molecule has 0 saturated heterocycles. The van der Waals surface area contributed by atoms with Crippen LogP contribution in [0.2, 0.25) is 0 Å². The van der Waals surface area contributed by atoms with E-state index in [2.05, 4.69) is 55.6 Å². The van der Waals surface area contributed by atoms with Crippen molar-refractivity contribution in [3.63, 3.8) is 0 Å². The van der Waals surface area contributed by atoms with Gasteiger partial charge in [0.25, 0.3) is 0 Å². The Balaban J connectivity index is 3.33.